The smallest absolute Gasteiger partial charge is 0.231 e. The first-order valence-corrected chi connectivity index (χ1v) is 7.39. The second kappa shape index (κ2) is 5.31. The number of benzene rings is 1. The van der Waals surface area contributed by atoms with Crippen molar-refractivity contribution < 1.29 is 9.53 Å². The highest BCUT2D eigenvalue weighted by molar-refractivity contribution is 5.95. The number of rotatable bonds is 1. The predicted octanol–water partition coefficient (Wildman–Crippen LogP) is 3.33. The standard InChI is InChI=1S/C17H21NO2/c1-3-12-6-7-13-9-16-14(5-4-11(2)10-20-16)8-15(13)18-17(12)19/h3,8-9,11-12H,1,4-7,10H2,2H3,(H,18,19). The minimum Gasteiger partial charge on any atom is -0.493 e. The lowest BCUT2D eigenvalue weighted by Crippen LogP contribution is -2.19. The Morgan fingerprint density at radius 2 is 2.10 bits per heavy atom. The molecule has 0 aromatic heterocycles. The van der Waals surface area contributed by atoms with Gasteiger partial charge in [0.15, 0.2) is 0 Å². The Kier molecular flexibility index (Phi) is 3.51. The Labute approximate surface area is 120 Å². The van der Waals surface area contributed by atoms with Crippen molar-refractivity contribution in [1.82, 2.24) is 0 Å². The van der Waals surface area contributed by atoms with Gasteiger partial charge in [-0.2, -0.15) is 0 Å². The van der Waals surface area contributed by atoms with Crippen LogP contribution in [0.15, 0.2) is 24.8 Å². The van der Waals surface area contributed by atoms with Gasteiger partial charge in [0.05, 0.1) is 12.5 Å². The van der Waals surface area contributed by atoms with Gasteiger partial charge in [-0.05, 0) is 54.9 Å². The zero-order chi connectivity index (χ0) is 14.1. The van der Waals surface area contributed by atoms with E-state index in [0.717, 1.165) is 43.7 Å². The molecule has 0 radical (unpaired) electrons. The lowest BCUT2D eigenvalue weighted by atomic mass is 9.98. The number of aryl methyl sites for hydroxylation is 2. The van der Waals surface area contributed by atoms with Crippen LogP contribution in [0, 0.1) is 11.8 Å². The van der Waals surface area contributed by atoms with Gasteiger partial charge < -0.3 is 10.1 Å². The van der Waals surface area contributed by atoms with E-state index in [1.807, 2.05) is 0 Å². The zero-order valence-electron chi connectivity index (χ0n) is 11.9. The van der Waals surface area contributed by atoms with Crippen LogP contribution in [0.2, 0.25) is 0 Å². The Morgan fingerprint density at radius 3 is 2.90 bits per heavy atom. The summed E-state index contributed by atoms with van der Waals surface area (Å²) in [5.74, 6) is 1.55. The minimum absolute atomic E-state index is 0.0570. The molecule has 0 saturated carbocycles. The summed E-state index contributed by atoms with van der Waals surface area (Å²) in [6, 6.07) is 4.22. The van der Waals surface area contributed by atoms with Crippen molar-refractivity contribution in [3.8, 4) is 5.75 Å². The zero-order valence-corrected chi connectivity index (χ0v) is 11.9. The molecule has 1 N–H and O–H groups in total. The molecule has 0 bridgehead atoms. The average molecular weight is 271 g/mol. The summed E-state index contributed by atoms with van der Waals surface area (Å²) in [6.07, 6.45) is 5.60. The van der Waals surface area contributed by atoms with Crippen molar-refractivity contribution in [1.29, 1.82) is 0 Å². The van der Waals surface area contributed by atoms with E-state index < -0.39 is 0 Å². The summed E-state index contributed by atoms with van der Waals surface area (Å²) in [5.41, 5.74) is 3.35. The quantitative estimate of drug-likeness (QED) is 0.796. The molecule has 2 aliphatic heterocycles. The number of hydrogen-bond acceptors (Lipinski definition) is 2. The highest BCUT2D eigenvalue weighted by atomic mass is 16.5. The number of carbonyl (C=O) groups is 1. The van der Waals surface area contributed by atoms with E-state index in [9.17, 15) is 4.79 Å². The number of anilines is 1. The number of amides is 1. The van der Waals surface area contributed by atoms with Crippen LogP contribution in [-0.2, 0) is 17.6 Å². The SMILES string of the molecule is C=CC1CCc2cc3c(cc2NC1=O)CCC(C)CO3. The van der Waals surface area contributed by atoms with Crippen LogP contribution >= 0.6 is 0 Å². The molecule has 106 valence electrons. The van der Waals surface area contributed by atoms with E-state index in [1.165, 1.54) is 11.1 Å². The first-order chi connectivity index (χ1) is 9.67. The fourth-order valence-electron chi connectivity index (χ4n) is 2.93. The molecule has 0 spiro atoms. The van der Waals surface area contributed by atoms with Crippen molar-refractivity contribution in [2.45, 2.75) is 32.6 Å². The van der Waals surface area contributed by atoms with Gasteiger partial charge in [0.1, 0.15) is 5.75 Å². The maximum Gasteiger partial charge on any atom is 0.231 e. The van der Waals surface area contributed by atoms with E-state index in [4.69, 9.17) is 4.74 Å². The van der Waals surface area contributed by atoms with Gasteiger partial charge in [0.2, 0.25) is 5.91 Å². The fourth-order valence-corrected chi connectivity index (χ4v) is 2.93. The third-order valence-corrected chi connectivity index (χ3v) is 4.32. The molecule has 20 heavy (non-hydrogen) atoms. The second-order valence-corrected chi connectivity index (χ2v) is 5.94. The largest absolute Gasteiger partial charge is 0.493 e. The van der Waals surface area contributed by atoms with E-state index in [2.05, 4.69) is 31.0 Å². The van der Waals surface area contributed by atoms with Crippen LogP contribution in [0.25, 0.3) is 0 Å². The van der Waals surface area contributed by atoms with Crippen LogP contribution in [0.3, 0.4) is 0 Å². The number of hydrogen-bond donors (Lipinski definition) is 1. The van der Waals surface area contributed by atoms with Gasteiger partial charge in [-0.3, -0.25) is 4.79 Å². The molecule has 2 aliphatic rings. The molecule has 0 fully saturated rings. The van der Waals surface area contributed by atoms with Crippen molar-refractivity contribution in [2.24, 2.45) is 11.8 Å². The molecule has 1 amide bonds. The highest BCUT2D eigenvalue weighted by Crippen LogP contribution is 2.34. The summed E-state index contributed by atoms with van der Waals surface area (Å²) in [5, 5.41) is 3.04. The van der Waals surface area contributed by atoms with E-state index in [1.54, 1.807) is 6.08 Å². The maximum atomic E-state index is 12.1. The molecule has 3 nitrogen and oxygen atoms in total. The summed E-state index contributed by atoms with van der Waals surface area (Å²) >= 11 is 0. The molecule has 3 rings (SSSR count). The van der Waals surface area contributed by atoms with Crippen molar-refractivity contribution >= 4 is 11.6 Å². The molecule has 1 aromatic carbocycles. The molecule has 3 heteroatoms. The van der Waals surface area contributed by atoms with Gasteiger partial charge >= 0.3 is 0 Å². The van der Waals surface area contributed by atoms with E-state index >= 15 is 0 Å². The minimum atomic E-state index is -0.0943. The Balaban J connectivity index is 1.94. The number of nitrogens with one attached hydrogen (secondary N) is 1. The summed E-state index contributed by atoms with van der Waals surface area (Å²) in [7, 11) is 0. The van der Waals surface area contributed by atoms with Gasteiger partial charge in [-0.15, -0.1) is 6.58 Å². The van der Waals surface area contributed by atoms with E-state index in [-0.39, 0.29) is 11.8 Å². The topological polar surface area (TPSA) is 38.3 Å². The molecule has 0 saturated heterocycles. The Morgan fingerprint density at radius 1 is 1.30 bits per heavy atom. The van der Waals surface area contributed by atoms with Crippen LogP contribution < -0.4 is 10.1 Å². The summed E-state index contributed by atoms with van der Waals surface area (Å²) in [4.78, 5) is 12.1. The van der Waals surface area contributed by atoms with E-state index in [0.29, 0.717) is 5.92 Å². The lowest BCUT2D eigenvalue weighted by Gasteiger charge is -2.13. The third kappa shape index (κ3) is 2.45. The van der Waals surface area contributed by atoms with Crippen LogP contribution in [0.5, 0.6) is 5.75 Å². The second-order valence-electron chi connectivity index (χ2n) is 5.94. The monoisotopic (exact) mass is 271 g/mol. The molecular formula is C17H21NO2. The molecular weight excluding hydrogens is 250 g/mol. The fraction of sp³-hybridized carbons (Fsp3) is 0.471. The Hall–Kier alpha value is -1.77. The summed E-state index contributed by atoms with van der Waals surface area (Å²) in [6.45, 7) is 6.75. The van der Waals surface area contributed by atoms with Gasteiger partial charge in [-0.1, -0.05) is 13.0 Å². The molecule has 2 heterocycles. The van der Waals surface area contributed by atoms with Crippen LogP contribution in [0.1, 0.15) is 30.9 Å². The van der Waals surface area contributed by atoms with Crippen LogP contribution in [0.4, 0.5) is 5.69 Å². The summed E-state index contributed by atoms with van der Waals surface area (Å²) < 4.78 is 5.91. The first-order valence-electron chi connectivity index (χ1n) is 7.39. The molecule has 0 aliphatic carbocycles. The third-order valence-electron chi connectivity index (χ3n) is 4.32. The lowest BCUT2D eigenvalue weighted by molar-refractivity contribution is -0.118. The number of carbonyl (C=O) groups excluding carboxylic acids is 1. The predicted molar refractivity (Wildman–Crippen MR) is 80.1 cm³/mol. The first kappa shape index (κ1) is 13.2. The van der Waals surface area contributed by atoms with Crippen molar-refractivity contribution in [3.63, 3.8) is 0 Å². The van der Waals surface area contributed by atoms with Gasteiger partial charge in [0, 0.05) is 5.69 Å². The normalized spacial score (nSPS) is 25.4. The van der Waals surface area contributed by atoms with Gasteiger partial charge in [-0.25, -0.2) is 0 Å². The number of ether oxygens (including phenoxy) is 1. The van der Waals surface area contributed by atoms with Gasteiger partial charge in [0.25, 0.3) is 0 Å². The van der Waals surface area contributed by atoms with Crippen molar-refractivity contribution in [2.75, 3.05) is 11.9 Å². The number of fused-ring (bicyclic) bond motifs is 2. The Bertz CT molecular complexity index is 550. The highest BCUT2D eigenvalue weighted by Gasteiger charge is 2.23. The van der Waals surface area contributed by atoms with Crippen molar-refractivity contribution in [3.05, 3.63) is 35.9 Å². The maximum absolute atomic E-state index is 12.1. The molecule has 2 atom stereocenters. The van der Waals surface area contributed by atoms with Crippen LogP contribution in [-0.4, -0.2) is 12.5 Å². The molecule has 1 aromatic rings. The molecule has 2 unspecified atom stereocenters. The average Bonchev–Trinajstić information content (AvgIpc) is 2.70.